The fraction of sp³-hybridized carbons (Fsp3) is 0.929. The van der Waals surface area contributed by atoms with Gasteiger partial charge in [0.15, 0.2) is 5.11 Å². The second-order valence-electron chi connectivity index (χ2n) is 4.66. The molecule has 0 aliphatic carbocycles. The summed E-state index contributed by atoms with van der Waals surface area (Å²) < 4.78 is 0. The largest absolute Gasteiger partial charge is 0.363 e. The van der Waals surface area contributed by atoms with Crippen molar-refractivity contribution < 1.29 is 0 Å². The Bertz CT molecular complexity index is 172. The Morgan fingerprint density at radius 2 is 1.12 bits per heavy atom. The number of hydrogen-bond donors (Lipinski definition) is 2. The van der Waals surface area contributed by atoms with E-state index in [1.54, 1.807) is 0 Å². The Balaban J connectivity index is 3.12. The van der Waals surface area contributed by atoms with Crippen LogP contribution in [-0.2, 0) is 0 Å². The average Bonchev–Trinajstić information content (AvgIpc) is 2.33. The van der Waals surface area contributed by atoms with Crippen LogP contribution in [-0.4, -0.2) is 18.2 Å². The summed E-state index contributed by atoms with van der Waals surface area (Å²) >= 11 is 5.21. The van der Waals surface area contributed by atoms with Crippen molar-refractivity contribution in [2.45, 2.75) is 71.6 Å². The maximum Gasteiger partial charge on any atom is 0.166 e. The van der Waals surface area contributed by atoms with Gasteiger partial charge in [0.25, 0.3) is 0 Å². The van der Waals surface area contributed by atoms with Gasteiger partial charge in [0.1, 0.15) is 0 Å². The van der Waals surface area contributed by atoms with Gasteiger partial charge in [-0.15, -0.1) is 0 Å². The number of thiocarbonyl (C=S) groups is 1. The molecule has 0 spiro atoms. The fourth-order valence-corrected chi connectivity index (χ4v) is 1.95. The van der Waals surface area contributed by atoms with Crippen LogP contribution in [0.4, 0.5) is 0 Å². The molecule has 0 atom stereocenters. The third-order valence-corrected chi connectivity index (χ3v) is 3.17. The van der Waals surface area contributed by atoms with Crippen molar-refractivity contribution >= 4 is 17.3 Å². The van der Waals surface area contributed by atoms with Crippen LogP contribution >= 0.6 is 12.2 Å². The molecule has 0 bridgehead atoms. The molecule has 102 valence electrons. The van der Waals surface area contributed by atoms with E-state index in [9.17, 15) is 0 Å². The highest BCUT2D eigenvalue weighted by Crippen LogP contribution is 2.01. The first-order valence-electron chi connectivity index (χ1n) is 7.33. The Hall–Kier alpha value is -0.310. The predicted molar refractivity (Wildman–Crippen MR) is 81.5 cm³/mol. The smallest absolute Gasteiger partial charge is 0.166 e. The molecule has 0 fully saturated rings. The van der Waals surface area contributed by atoms with Gasteiger partial charge in [-0.1, -0.05) is 58.8 Å². The predicted octanol–water partition coefficient (Wildman–Crippen LogP) is 4.00. The van der Waals surface area contributed by atoms with E-state index in [0.717, 1.165) is 18.2 Å². The molecular weight excluding hydrogens is 228 g/mol. The van der Waals surface area contributed by atoms with Crippen molar-refractivity contribution in [2.75, 3.05) is 13.1 Å². The Morgan fingerprint density at radius 1 is 0.706 bits per heavy atom. The standard InChI is InChI=1S/C14H30N2S/c1-3-5-7-9-11-13-16-14(17)15-12-10-8-6-4-2/h3-13H2,1-2H3,(H2,15,16,17). The summed E-state index contributed by atoms with van der Waals surface area (Å²) in [5.41, 5.74) is 0. The first-order valence-corrected chi connectivity index (χ1v) is 7.73. The van der Waals surface area contributed by atoms with Crippen LogP contribution in [0.3, 0.4) is 0 Å². The van der Waals surface area contributed by atoms with E-state index in [0.29, 0.717) is 0 Å². The van der Waals surface area contributed by atoms with Crippen molar-refractivity contribution in [3.63, 3.8) is 0 Å². The maximum atomic E-state index is 5.21. The minimum absolute atomic E-state index is 0.831. The molecule has 0 saturated heterocycles. The van der Waals surface area contributed by atoms with E-state index in [2.05, 4.69) is 24.5 Å². The van der Waals surface area contributed by atoms with Crippen LogP contribution in [0, 0.1) is 0 Å². The normalized spacial score (nSPS) is 10.2. The Kier molecular flexibility index (Phi) is 13.5. The molecule has 0 aliphatic rings. The van der Waals surface area contributed by atoms with Crippen molar-refractivity contribution in [1.29, 1.82) is 0 Å². The molecule has 17 heavy (non-hydrogen) atoms. The van der Waals surface area contributed by atoms with E-state index in [-0.39, 0.29) is 0 Å². The van der Waals surface area contributed by atoms with E-state index in [1.165, 1.54) is 57.8 Å². The van der Waals surface area contributed by atoms with Gasteiger partial charge in [0.05, 0.1) is 0 Å². The lowest BCUT2D eigenvalue weighted by atomic mass is 10.1. The van der Waals surface area contributed by atoms with Gasteiger partial charge in [-0.3, -0.25) is 0 Å². The zero-order valence-electron chi connectivity index (χ0n) is 11.7. The van der Waals surface area contributed by atoms with E-state index >= 15 is 0 Å². The second kappa shape index (κ2) is 13.8. The fourth-order valence-electron chi connectivity index (χ4n) is 1.75. The van der Waals surface area contributed by atoms with Crippen molar-refractivity contribution in [1.82, 2.24) is 10.6 Å². The highest BCUT2D eigenvalue weighted by molar-refractivity contribution is 7.80. The van der Waals surface area contributed by atoms with Crippen LogP contribution in [0.5, 0.6) is 0 Å². The summed E-state index contributed by atoms with van der Waals surface area (Å²) in [4.78, 5) is 0. The Morgan fingerprint density at radius 3 is 1.59 bits per heavy atom. The summed E-state index contributed by atoms with van der Waals surface area (Å²) in [6, 6.07) is 0. The van der Waals surface area contributed by atoms with E-state index in [1.807, 2.05) is 0 Å². The highest BCUT2D eigenvalue weighted by Gasteiger charge is 1.94. The monoisotopic (exact) mass is 258 g/mol. The van der Waals surface area contributed by atoms with Gasteiger partial charge in [-0.25, -0.2) is 0 Å². The molecule has 0 unspecified atom stereocenters. The van der Waals surface area contributed by atoms with Gasteiger partial charge in [0, 0.05) is 13.1 Å². The molecule has 0 aliphatic heterocycles. The second-order valence-corrected chi connectivity index (χ2v) is 5.07. The molecule has 0 aromatic carbocycles. The van der Waals surface area contributed by atoms with Crippen molar-refractivity contribution in [3.8, 4) is 0 Å². The first-order chi connectivity index (χ1) is 8.31. The van der Waals surface area contributed by atoms with Gasteiger partial charge >= 0.3 is 0 Å². The minimum Gasteiger partial charge on any atom is -0.363 e. The van der Waals surface area contributed by atoms with Gasteiger partial charge in [-0.05, 0) is 25.1 Å². The molecule has 0 aromatic rings. The van der Waals surface area contributed by atoms with Crippen molar-refractivity contribution in [2.24, 2.45) is 0 Å². The van der Waals surface area contributed by atoms with Crippen LogP contribution in [0.1, 0.15) is 71.6 Å². The molecule has 0 radical (unpaired) electrons. The highest BCUT2D eigenvalue weighted by atomic mass is 32.1. The summed E-state index contributed by atoms with van der Waals surface area (Å²) in [6.45, 7) is 6.51. The van der Waals surface area contributed by atoms with Crippen LogP contribution in [0.15, 0.2) is 0 Å². The van der Waals surface area contributed by atoms with Crippen LogP contribution < -0.4 is 10.6 Å². The lowest BCUT2D eigenvalue weighted by Gasteiger charge is -2.10. The summed E-state index contributed by atoms with van der Waals surface area (Å²) in [5.74, 6) is 0. The minimum atomic E-state index is 0.831. The molecule has 0 amide bonds. The molecule has 2 N–H and O–H groups in total. The van der Waals surface area contributed by atoms with E-state index in [4.69, 9.17) is 12.2 Å². The lowest BCUT2D eigenvalue weighted by Crippen LogP contribution is -2.36. The van der Waals surface area contributed by atoms with Crippen LogP contribution in [0.2, 0.25) is 0 Å². The molecular formula is C14H30N2S. The van der Waals surface area contributed by atoms with E-state index < -0.39 is 0 Å². The lowest BCUT2D eigenvalue weighted by molar-refractivity contribution is 0.617. The summed E-state index contributed by atoms with van der Waals surface area (Å²) in [6.07, 6.45) is 11.7. The maximum absolute atomic E-state index is 5.21. The molecule has 2 nitrogen and oxygen atoms in total. The average molecular weight is 258 g/mol. The summed E-state index contributed by atoms with van der Waals surface area (Å²) in [5, 5.41) is 7.37. The Labute approximate surface area is 113 Å². The molecule has 0 saturated carbocycles. The van der Waals surface area contributed by atoms with Gasteiger partial charge < -0.3 is 10.6 Å². The van der Waals surface area contributed by atoms with Crippen LogP contribution in [0.25, 0.3) is 0 Å². The molecule has 3 heteroatoms. The zero-order chi connectivity index (χ0) is 12.8. The SMILES string of the molecule is CCCCCCCNC(=S)NCCCCCC. The third-order valence-electron chi connectivity index (χ3n) is 2.88. The zero-order valence-corrected chi connectivity index (χ0v) is 12.5. The molecule has 0 heterocycles. The molecule has 0 rings (SSSR count). The first kappa shape index (κ1) is 16.7. The quantitative estimate of drug-likeness (QED) is 0.433. The van der Waals surface area contributed by atoms with Gasteiger partial charge in [-0.2, -0.15) is 0 Å². The van der Waals surface area contributed by atoms with Gasteiger partial charge in [0.2, 0.25) is 0 Å². The number of unbranched alkanes of at least 4 members (excludes halogenated alkanes) is 7. The topological polar surface area (TPSA) is 24.1 Å². The molecule has 0 aromatic heterocycles. The number of rotatable bonds is 11. The summed E-state index contributed by atoms with van der Waals surface area (Å²) in [7, 11) is 0. The van der Waals surface area contributed by atoms with Crippen molar-refractivity contribution in [3.05, 3.63) is 0 Å². The number of hydrogen-bond acceptors (Lipinski definition) is 1. The third kappa shape index (κ3) is 13.6. The number of nitrogens with one attached hydrogen (secondary N) is 2.